The molecule has 150 valence electrons. The van der Waals surface area contributed by atoms with Crippen LogP contribution in [0, 0.1) is 5.92 Å². The fraction of sp³-hybridized carbons (Fsp3) is 0.824. The van der Waals surface area contributed by atoms with E-state index in [0.29, 0.717) is 31.8 Å². The van der Waals surface area contributed by atoms with Gasteiger partial charge in [0.25, 0.3) is 0 Å². The summed E-state index contributed by atoms with van der Waals surface area (Å²) in [4.78, 5) is 36.5. The number of carboxylic acids is 1. The second-order valence-corrected chi connectivity index (χ2v) is 9.88. The summed E-state index contributed by atoms with van der Waals surface area (Å²) in [6, 6.07) is 0. The molecule has 2 N–H and O–H groups in total. The van der Waals surface area contributed by atoms with Crippen molar-refractivity contribution in [2.75, 3.05) is 31.1 Å². The van der Waals surface area contributed by atoms with Crippen LogP contribution in [0.15, 0.2) is 0 Å². The Morgan fingerprint density at radius 3 is 2.50 bits per heavy atom. The summed E-state index contributed by atoms with van der Waals surface area (Å²) in [7, 11) is 3.07. The topological polar surface area (TPSA) is 95.9 Å². The van der Waals surface area contributed by atoms with Crippen molar-refractivity contribution < 1.29 is 24.2 Å². The van der Waals surface area contributed by atoms with Gasteiger partial charge < -0.3 is 20.1 Å². The third kappa shape index (κ3) is 10.2. The lowest BCUT2D eigenvalue weighted by Gasteiger charge is -2.26. The van der Waals surface area contributed by atoms with Gasteiger partial charge >= 0.3 is 12.1 Å². The van der Waals surface area contributed by atoms with Gasteiger partial charge in [0.2, 0.25) is 5.91 Å². The van der Waals surface area contributed by atoms with Crippen LogP contribution in [0.4, 0.5) is 4.79 Å². The molecule has 0 aliphatic carbocycles. The molecule has 0 aromatic carbocycles. The number of nitrogens with zero attached hydrogens (tertiary/aromatic N) is 1. The minimum absolute atomic E-state index is 0.0344. The number of rotatable bonds is 8. The zero-order valence-electron chi connectivity index (χ0n) is 15.8. The van der Waals surface area contributed by atoms with Crippen molar-refractivity contribution in [1.82, 2.24) is 10.2 Å². The van der Waals surface area contributed by atoms with E-state index >= 15 is 0 Å². The number of aliphatic carboxylic acids is 1. The molecule has 1 heterocycles. The molecule has 1 aliphatic heterocycles. The van der Waals surface area contributed by atoms with Gasteiger partial charge in [-0.2, -0.15) is 0 Å². The van der Waals surface area contributed by atoms with Gasteiger partial charge in [0.1, 0.15) is 5.60 Å². The van der Waals surface area contributed by atoms with Crippen LogP contribution in [-0.4, -0.2) is 64.7 Å². The lowest BCUT2D eigenvalue weighted by molar-refractivity contribution is -0.136. The molecule has 1 saturated heterocycles. The average molecular weight is 407 g/mol. The summed E-state index contributed by atoms with van der Waals surface area (Å²) >= 11 is 0. The largest absolute Gasteiger partial charge is 0.481 e. The second kappa shape index (κ2) is 11.6. The highest BCUT2D eigenvalue weighted by molar-refractivity contribution is 8.76. The minimum Gasteiger partial charge on any atom is -0.481 e. The van der Waals surface area contributed by atoms with E-state index < -0.39 is 11.6 Å². The number of hydrogen-bond acceptors (Lipinski definition) is 6. The first-order valence-electron chi connectivity index (χ1n) is 8.91. The van der Waals surface area contributed by atoms with Crippen LogP contribution < -0.4 is 5.32 Å². The van der Waals surface area contributed by atoms with Gasteiger partial charge in [-0.05, 0) is 40.0 Å². The summed E-state index contributed by atoms with van der Waals surface area (Å²) in [6.45, 7) is 7.25. The SMILES string of the molecule is CC(C)(C)OC(=O)N1CCCC(C(=O)NCCSSCCC(=O)O)CC1. The molecule has 0 radical (unpaired) electrons. The van der Waals surface area contributed by atoms with E-state index in [4.69, 9.17) is 9.84 Å². The van der Waals surface area contributed by atoms with Gasteiger partial charge in [-0.3, -0.25) is 9.59 Å². The maximum Gasteiger partial charge on any atom is 0.410 e. The number of amides is 2. The van der Waals surface area contributed by atoms with E-state index in [1.54, 1.807) is 15.7 Å². The molecular weight excluding hydrogens is 376 g/mol. The Morgan fingerprint density at radius 1 is 1.15 bits per heavy atom. The van der Waals surface area contributed by atoms with Crippen LogP contribution in [-0.2, 0) is 14.3 Å². The Morgan fingerprint density at radius 2 is 1.85 bits per heavy atom. The van der Waals surface area contributed by atoms with Gasteiger partial charge in [0, 0.05) is 37.1 Å². The number of likely N-dealkylation sites (tertiary alicyclic amines) is 1. The van der Waals surface area contributed by atoms with Crippen molar-refractivity contribution in [1.29, 1.82) is 0 Å². The summed E-state index contributed by atoms with van der Waals surface area (Å²) in [6.07, 6.45) is 2.04. The Balaban J connectivity index is 2.23. The van der Waals surface area contributed by atoms with Gasteiger partial charge in [0.05, 0.1) is 6.42 Å². The smallest absolute Gasteiger partial charge is 0.410 e. The fourth-order valence-electron chi connectivity index (χ4n) is 2.47. The Kier molecular flexibility index (Phi) is 10.2. The second-order valence-electron chi connectivity index (χ2n) is 7.17. The van der Waals surface area contributed by atoms with Crippen LogP contribution >= 0.6 is 21.6 Å². The molecule has 0 spiro atoms. The van der Waals surface area contributed by atoms with Crippen LogP contribution in [0.2, 0.25) is 0 Å². The molecule has 26 heavy (non-hydrogen) atoms. The zero-order chi connectivity index (χ0) is 19.6. The Labute approximate surface area is 163 Å². The van der Waals surface area contributed by atoms with Crippen LogP contribution in [0.1, 0.15) is 46.5 Å². The number of carbonyl (C=O) groups excluding carboxylic acids is 2. The van der Waals surface area contributed by atoms with Crippen LogP contribution in [0.25, 0.3) is 0 Å². The Bertz CT molecular complexity index is 482. The highest BCUT2D eigenvalue weighted by Gasteiger charge is 2.27. The third-order valence-electron chi connectivity index (χ3n) is 3.72. The van der Waals surface area contributed by atoms with Crippen molar-refractivity contribution in [2.24, 2.45) is 5.92 Å². The first-order chi connectivity index (χ1) is 12.2. The molecule has 1 aliphatic rings. The van der Waals surface area contributed by atoms with E-state index in [0.717, 1.165) is 18.6 Å². The third-order valence-corrected chi connectivity index (χ3v) is 6.13. The average Bonchev–Trinajstić information content (AvgIpc) is 2.78. The number of carbonyl (C=O) groups is 3. The molecule has 0 saturated carbocycles. The fourth-order valence-corrected chi connectivity index (χ4v) is 4.36. The van der Waals surface area contributed by atoms with Crippen LogP contribution in [0.5, 0.6) is 0 Å². The van der Waals surface area contributed by atoms with E-state index in [1.807, 2.05) is 20.8 Å². The standard InChI is InChI=1S/C17H30N2O5S2/c1-17(2,3)24-16(23)19-9-4-5-13(6-10-19)15(22)18-8-12-26-25-11-7-14(20)21/h13H,4-12H2,1-3H3,(H,18,22)(H,20,21). The number of ether oxygens (including phenoxy) is 1. The monoisotopic (exact) mass is 406 g/mol. The molecule has 9 heteroatoms. The van der Waals surface area contributed by atoms with E-state index in [1.165, 1.54) is 10.8 Å². The predicted molar refractivity (Wildman–Crippen MR) is 105 cm³/mol. The molecule has 2 amide bonds. The summed E-state index contributed by atoms with van der Waals surface area (Å²) in [5, 5.41) is 11.5. The molecule has 1 unspecified atom stereocenters. The minimum atomic E-state index is -0.791. The zero-order valence-corrected chi connectivity index (χ0v) is 17.4. The number of nitrogens with one attached hydrogen (secondary N) is 1. The van der Waals surface area contributed by atoms with Crippen LogP contribution in [0.3, 0.4) is 0 Å². The molecule has 1 fully saturated rings. The molecule has 0 bridgehead atoms. The molecule has 7 nitrogen and oxygen atoms in total. The van der Waals surface area contributed by atoms with Crippen molar-refractivity contribution >= 4 is 39.6 Å². The van der Waals surface area contributed by atoms with Gasteiger partial charge in [-0.25, -0.2) is 4.79 Å². The van der Waals surface area contributed by atoms with E-state index in [9.17, 15) is 14.4 Å². The molecular formula is C17H30N2O5S2. The van der Waals surface area contributed by atoms with Crippen molar-refractivity contribution in [3.63, 3.8) is 0 Å². The summed E-state index contributed by atoms with van der Waals surface area (Å²) < 4.78 is 5.40. The quantitative estimate of drug-likeness (QED) is 0.472. The lowest BCUT2D eigenvalue weighted by Crippen LogP contribution is -2.38. The van der Waals surface area contributed by atoms with Crippen molar-refractivity contribution in [3.05, 3.63) is 0 Å². The summed E-state index contributed by atoms with van der Waals surface area (Å²) in [5.41, 5.74) is -0.514. The van der Waals surface area contributed by atoms with E-state index in [-0.39, 0.29) is 24.3 Å². The molecule has 1 atom stereocenters. The highest BCUT2D eigenvalue weighted by Crippen LogP contribution is 2.22. The summed E-state index contributed by atoms with van der Waals surface area (Å²) in [5.74, 6) is 0.476. The number of carboxylic acid groups (broad SMARTS) is 1. The molecule has 0 aromatic rings. The lowest BCUT2D eigenvalue weighted by atomic mass is 10.00. The normalized spacial score (nSPS) is 18.1. The number of hydrogen-bond donors (Lipinski definition) is 2. The first kappa shape index (κ1) is 23.0. The maximum absolute atomic E-state index is 12.3. The van der Waals surface area contributed by atoms with Crippen molar-refractivity contribution in [3.8, 4) is 0 Å². The van der Waals surface area contributed by atoms with Crippen molar-refractivity contribution in [2.45, 2.75) is 52.1 Å². The van der Waals surface area contributed by atoms with Gasteiger partial charge in [-0.1, -0.05) is 21.6 Å². The van der Waals surface area contributed by atoms with Gasteiger partial charge in [-0.15, -0.1) is 0 Å². The first-order valence-corrected chi connectivity index (χ1v) is 11.4. The predicted octanol–water partition coefficient (Wildman–Crippen LogP) is 3.00. The maximum atomic E-state index is 12.3. The molecule has 0 aromatic heterocycles. The Hall–Kier alpha value is -1.09. The highest BCUT2D eigenvalue weighted by atomic mass is 33.1. The van der Waals surface area contributed by atoms with E-state index in [2.05, 4.69) is 5.32 Å². The molecule has 1 rings (SSSR count). The van der Waals surface area contributed by atoms with Gasteiger partial charge in [0.15, 0.2) is 0 Å².